The van der Waals surface area contributed by atoms with Crippen molar-refractivity contribution < 1.29 is 9.47 Å². The van der Waals surface area contributed by atoms with Crippen LogP contribution in [0.1, 0.15) is 18.9 Å². The summed E-state index contributed by atoms with van der Waals surface area (Å²) in [7, 11) is 1.69. The van der Waals surface area contributed by atoms with E-state index in [1.165, 1.54) is 5.56 Å². The highest BCUT2D eigenvalue weighted by Crippen LogP contribution is 2.13. The molecule has 1 aromatic rings. The van der Waals surface area contributed by atoms with Crippen molar-refractivity contribution >= 4 is 6.08 Å². The van der Waals surface area contributed by atoms with Crippen LogP contribution in [0.4, 0.5) is 0 Å². The summed E-state index contributed by atoms with van der Waals surface area (Å²) in [5.74, 6) is 0.899. The molecule has 0 amide bonds. The van der Waals surface area contributed by atoms with Gasteiger partial charge in [-0.05, 0) is 24.1 Å². The van der Waals surface area contributed by atoms with Crippen molar-refractivity contribution in [3.63, 3.8) is 0 Å². The molecular formula is C16H23NO2. The number of methoxy groups -OCH3 is 1. The maximum atomic E-state index is 5.51. The van der Waals surface area contributed by atoms with Gasteiger partial charge in [0.1, 0.15) is 5.75 Å². The highest BCUT2D eigenvalue weighted by atomic mass is 16.5. The van der Waals surface area contributed by atoms with E-state index in [-0.39, 0.29) is 0 Å². The van der Waals surface area contributed by atoms with Gasteiger partial charge in [-0.15, -0.1) is 0 Å². The molecule has 1 atom stereocenters. The zero-order chi connectivity index (χ0) is 13.5. The van der Waals surface area contributed by atoms with Crippen molar-refractivity contribution in [3.05, 3.63) is 35.9 Å². The predicted octanol–water partition coefficient (Wildman–Crippen LogP) is 2.82. The lowest BCUT2D eigenvalue weighted by molar-refractivity contribution is -0.00267. The molecule has 0 unspecified atom stereocenters. The van der Waals surface area contributed by atoms with Crippen molar-refractivity contribution in [1.82, 2.24) is 4.90 Å². The molecule has 0 spiro atoms. The van der Waals surface area contributed by atoms with Gasteiger partial charge in [0.05, 0.1) is 20.3 Å². The fraction of sp³-hybridized carbons (Fsp3) is 0.500. The van der Waals surface area contributed by atoms with Crippen molar-refractivity contribution in [2.75, 3.05) is 33.4 Å². The Hall–Kier alpha value is -1.32. The lowest BCUT2D eigenvalue weighted by Gasteiger charge is -2.34. The van der Waals surface area contributed by atoms with Crippen molar-refractivity contribution in [3.8, 4) is 5.75 Å². The molecule has 0 aromatic heterocycles. The molecule has 2 rings (SSSR count). The van der Waals surface area contributed by atoms with Crippen LogP contribution in [0, 0.1) is 0 Å². The Morgan fingerprint density at radius 3 is 2.84 bits per heavy atom. The number of rotatable bonds is 5. The number of hydrogen-bond donors (Lipinski definition) is 0. The van der Waals surface area contributed by atoms with E-state index < -0.39 is 0 Å². The van der Waals surface area contributed by atoms with Crippen molar-refractivity contribution in [2.45, 2.75) is 19.4 Å². The monoisotopic (exact) mass is 261 g/mol. The predicted molar refractivity (Wildman–Crippen MR) is 78.5 cm³/mol. The largest absolute Gasteiger partial charge is 0.497 e. The Kier molecular flexibility index (Phi) is 5.43. The van der Waals surface area contributed by atoms with Crippen LogP contribution in [0.15, 0.2) is 30.3 Å². The third-order valence-electron chi connectivity index (χ3n) is 3.59. The fourth-order valence-electron chi connectivity index (χ4n) is 2.34. The molecule has 0 bridgehead atoms. The minimum Gasteiger partial charge on any atom is -0.497 e. The highest BCUT2D eigenvalue weighted by Gasteiger charge is 2.19. The Morgan fingerprint density at radius 1 is 1.37 bits per heavy atom. The number of morpholine rings is 1. The Balaban J connectivity index is 1.87. The molecule has 1 aliphatic heterocycles. The SMILES string of the molecule is CC[C@H]1COCCN1C/C=C/c1ccc(OC)cc1. The van der Waals surface area contributed by atoms with E-state index in [0.29, 0.717) is 6.04 Å². The lowest BCUT2D eigenvalue weighted by atomic mass is 10.1. The fourth-order valence-corrected chi connectivity index (χ4v) is 2.34. The normalized spacial score (nSPS) is 20.8. The molecule has 0 saturated carbocycles. The van der Waals surface area contributed by atoms with Gasteiger partial charge in [-0.1, -0.05) is 31.2 Å². The number of benzene rings is 1. The molecule has 0 radical (unpaired) electrons. The second-order valence-corrected chi connectivity index (χ2v) is 4.81. The lowest BCUT2D eigenvalue weighted by Crippen LogP contribution is -2.44. The van der Waals surface area contributed by atoms with E-state index in [0.717, 1.165) is 38.5 Å². The van der Waals surface area contributed by atoms with Crippen LogP contribution in [-0.4, -0.2) is 44.4 Å². The molecule has 19 heavy (non-hydrogen) atoms. The van der Waals surface area contributed by atoms with E-state index in [1.807, 2.05) is 12.1 Å². The van der Waals surface area contributed by atoms with Crippen LogP contribution in [0.5, 0.6) is 5.75 Å². The number of nitrogens with zero attached hydrogens (tertiary/aromatic N) is 1. The minimum atomic E-state index is 0.564. The standard InChI is InChI=1S/C16H23NO2/c1-3-15-13-19-12-11-17(15)10-4-5-14-6-8-16(18-2)9-7-14/h4-9,15H,3,10-13H2,1-2H3/b5-4+/t15-/m0/s1. The van der Waals surface area contributed by atoms with Gasteiger partial charge in [0.25, 0.3) is 0 Å². The van der Waals surface area contributed by atoms with E-state index in [1.54, 1.807) is 7.11 Å². The Bertz CT molecular complexity index is 400. The second kappa shape index (κ2) is 7.31. The molecular weight excluding hydrogens is 238 g/mol. The molecule has 3 heteroatoms. The molecule has 3 nitrogen and oxygen atoms in total. The van der Waals surface area contributed by atoms with Gasteiger partial charge in [0.15, 0.2) is 0 Å². The Labute approximate surface area is 115 Å². The molecule has 1 saturated heterocycles. The van der Waals surface area contributed by atoms with Gasteiger partial charge < -0.3 is 9.47 Å². The zero-order valence-corrected chi connectivity index (χ0v) is 11.8. The smallest absolute Gasteiger partial charge is 0.118 e. The van der Waals surface area contributed by atoms with Crippen LogP contribution < -0.4 is 4.74 Å². The van der Waals surface area contributed by atoms with Gasteiger partial charge in [-0.25, -0.2) is 0 Å². The summed E-state index contributed by atoms with van der Waals surface area (Å²) in [6.45, 7) is 5.97. The summed E-state index contributed by atoms with van der Waals surface area (Å²) in [5.41, 5.74) is 1.21. The molecule has 0 N–H and O–H groups in total. The van der Waals surface area contributed by atoms with Gasteiger partial charge in [-0.3, -0.25) is 4.90 Å². The third kappa shape index (κ3) is 4.08. The maximum absolute atomic E-state index is 5.51. The summed E-state index contributed by atoms with van der Waals surface area (Å²) in [4.78, 5) is 2.49. The third-order valence-corrected chi connectivity index (χ3v) is 3.59. The van der Waals surface area contributed by atoms with Crippen LogP contribution in [0.25, 0.3) is 6.08 Å². The first-order valence-electron chi connectivity index (χ1n) is 6.96. The molecule has 1 aromatic carbocycles. The summed E-state index contributed by atoms with van der Waals surface area (Å²) in [6, 6.07) is 8.69. The highest BCUT2D eigenvalue weighted by molar-refractivity contribution is 5.50. The van der Waals surface area contributed by atoms with Crippen LogP contribution in [0.3, 0.4) is 0 Å². The number of hydrogen-bond acceptors (Lipinski definition) is 3. The van der Waals surface area contributed by atoms with E-state index in [4.69, 9.17) is 9.47 Å². The number of ether oxygens (including phenoxy) is 2. The average Bonchev–Trinajstić information content (AvgIpc) is 2.48. The van der Waals surface area contributed by atoms with E-state index >= 15 is 0 Å². The molecule has 0 aliphatic carbocycles. The molecule has 1 aliphatic rings. The minimum absolute atomic E-state index is 0.564. The van der Waals surface area contributed by atoms with Crippen LogP contribution in [-0.2, 0) is 4.74 Å². The summed E-state index contributed by atoms with van der Waals surface area (Å²) >= 11 is 0. The quantitative estimate of drug-likeness (QED) is 0.813. The second-order valence-electron chi connectivity index (χ2n) is 4.81. The van der Waals surface area contributed by atoms with Crippen molar-refractivity contribution in [1.29, 1.82) is 0 Å². The summed E-state index contributed by atoms with van der Waals surface area (Å²) < 4.78 is 10.7. The first-order valence-corrected chi connectivity index (χ1v) is 6.96. The molecule has 1 fully saturated rings. The first-order chi connectivity index (χ1) is 9.33. The van der Waals surface area contributed by atoms with E-state index in [2.05, 4.69) is 36.1 Å². The van der Waals surface area contributed by atoms with Gasteiger partial charge in [-0.2, -0.15) is 0 Å². The topological polar surface area (TPSA) is 21.7 Å². The first kappa shape index (κ1) is 14.1. The summed E-state index contributed by atoms with van der Waals surface area (Å²) in [6.07, 6.45) is 5.55. The average molecular weight is 261 g/mol. The van der Waals surface area contributed by atoms with Gasteiger partial charge in [0, 0.05) is 19.1 Å². The molecule has 1 heterocycles. The maximum Gasteiger partial charge on any atom is 0.118 e. The van der Waals surface area contributed by atoms with Gasteiger partial charge in [0.2, 0.25) is 0 Å². The molecule has 104 valence electrons. The Morgan fingerprint density at radius 2 is 2.16 bits per heavy atom. The zero-order valence-electron chi connectivity index (χ0n) is 11.8. The van der Waals surface area contributed by atoms with Gasteiger partial charge >= 0.3 is 0 Å². The van der Waals surface area contributed by atoms with E-state index in [9.17, 15) is 0 Å². The van der Waals surface area contributed by atoms with Crippen LogP contribution >= 0.6 is 0 Å². The summed E-state index contributed by atoms with van der Waals surface area (Å²) in [5, 5.41) is 0. The van der Waals surface area contributed by atoms with Crippen molar-refractivity contribution in [2.24, 2.45) is 0 Å². The van der Waals surface area contributed by atoms with Crippen LogP contribution in [0.2, 0.25) is 0 Å².